The van der Waals surface area contributed by atoms with Crippen molar-refractivity contribution in [2.24, 2.45) is 0 Å². The lowest BCUT2D eigenvalue weighted by Gasteiger charge is -2.23. The molecule has 3 aromatic rings. The molecule has 0 unspecified atom stereocenters. The highest BCUT2D eigenvalue weighted by Gasteiger charge is 2.15. The normalized spacial score (nSPS) is 10.5. The Morgan fingerprint density at radius 3 is 2.62 bits per heavy atom. The molecule has 1 aromatic carbocycles. The number of urea groups is 1. The van der Waals surface area contributed by atoms with E-state index in [1.165, 1.54) is 4.88 Å². The number of rotatable bonds is 6. The molecule has 0 bridgehead atoms. The van der Waals surface area contributed by atoms with Crippen molar-refractivity contribution < 1.29 is 4.79 Å². The molecule has 0 aliphatic heterocycles. The van der Waals surface area contributed by atoms with Crippen LogP contribution >= 0.6 is 11.3 Å². The summed E-state index contributed by atoms with van der Waals surface area (Å²) in [6.45, 7) is 5.27. The lowest BCUT2D eigenvalue weighted by atomic mass is 10.1. The lowest BCUT2D eigenvalue weighted by molar-refractivity contribution is 0.210. The van der Waals surface area contributed by atoms with Gasteiger partial charge >= 0.3 is 6.03 Å². The maximum atomic E-state index is 12.9. The number of hydrogen-bond acceptors (Lipinski definition) is 3. The van der Waals surface area contributed by atoms with E-state index in [-0.39, 0.29) is 6.03 Å². The summed E-state index contributed by atoms with van der Waals surface area (Å²) in [5.41, 5.74) is 4.13. The molecule has 26 heavy (non-hydrogen) atoms. The van der Waals surface area contributed by atoms with Gasteiger partial charge in [-0.05, 0) is 66.6 Å². The van der Waals surface area contributed by atoms with Gasteiger partial charge in [-0.25, -0.2) is 4.79 Å². The topological polar surface area (TPSA) is 45.2 Å². The van der Waals surface area contributed by atoms with Crippen LogP contribution in [0.3, 0.4) is 0 Å². The highest BCUT2D eigenvalue weighted by Crippen LogP contribution is 2.16. The van der Waals surface area contributed by atoms with Crippen LogP contribution in [0.5, 0.6) is 0 Å². The fourth-order valence-corrected chi connectivity index (χ4v) is 3.61. The number of benzene rings is 1. The average molecular weight is 366 g/mol. The second-order valence-corrected chi connectivity index (χ2v) is 7.45. The molecule has 0 fully saturated rings. The number of carbonyl (C=O) groups is 1. The first-order chi connectivity index (χ1) is 12.6. The van der Waals surface area contributed by atoms with E-state index in [0.717, 1.165) is 28.8 Å². The summed E-state index contributed by atoms with van der Waals surface area (Å²) in [7, 11) is 0. The number of nitrogens with zero attached hydrogens (tertiary/aromatic N) is 2. The molecule has 1 N–H and O–H groups in total. The van der Waals surface area contributed by atoms with Crippen LogP contribution in [0.4, 0.5) is 10.5 Å². The van der Waals surface area contributed by atoms with Gasteiger partial charge in [-0.15, -0.1) is 11.3 Å². The highest BCUT2D eigenvalue weighted by atomic mass is 32.1. The first kappa shape index (κ1) is 18.1. The Hall–Kier alpha value is -2.66. The van der Waals surface area contributed by atoms with Crippen molar-refractivity contribution >= 4 is 23.1 Å². The van der Waals surface area contributed by atoms with Gasteiger partial charge < -0.3 is 10.2 Å². The molecule has 0 saturated heterocycles. The molecule has 2 aromatic heterocycles. The number of aryl methyl sites for hydroxylation is 2. The minimum absolute atomic E-state index is 0.0876. The molecule has 4 nitrogen and oxygen atoms in total. The predicted molar refractivity (Wildman–Crippen MR) is 108 cm³/mol. The Bertz CT molecular complexity index is 827. The van der Waals surface area contributed by atoms with Gasteiger partial charge in [0.1, 0.15) is 0 Å². The molecule has 2 heterocycles. The maximum absolute atomic E-state index is 12.9. The summed E-state index contributed by atoms with van der Waals surface area (Å²) in [4.78, 5) is 20.2. The number of hydrogen-bond donors (Lipinski definition) is 1. The molecule has 5 heteroatoms. The zero-order valence-corrected chi connectivity index (χ0v) is 15.9. The SMILES string of the molecule is Cc1cc(C)cc(NC(=O)N(CCc2cccs2)Cc2cccnc2)c1. The summed E-state index contributed by atoms with van der Waals surface area (Å²) in [5, 5.41) is 5.11. The fourth-order valence-electron chi connectivity index (χ4n) is 2.91. The molecule has 0 atom stereocenters. The van der Waals surface area contributed by atoms with E-state index in [9.17, 15) is 4.79 Å². The molecule has 0 aliphatic rings. The number of amides is 2. The maximum Gasteiger partial charge on any atom is 0.322 e. The van der Waals surface area contributed by atoms with Crippen molar-refractivity contribution in [3.8, 4) is 0 Å². The Kier molecular flexibility index (Phi) is 6.02. The van der Waals surface area contributed by atoms with Crippen LogP contribution < -0.4 is 5.32 Å². The molecule has 0 saturated carbocycles. The minimum Gasteiger partial charge on any atom is -0.320 e. The van der Waals surface area contributed by atoms with Crippen molar-refractivity contribution in [2.75, 3.05) is 11.9 Å². The van der Waals surface area contributed by atoms with E-state index in [4.69, 9.17) is 0 Å². The number of aromatic nitrogens is 1. The standard InChI is InChI=1S/C21H23N3OS/c1-16-11-17(2)13-19(12-16)23-21(25)24(9-7-20-6-4-10-26-20)15-18-5-3-8-22-14-18/h3-6,8,10-14H,7,9,15H2,1-2H3,(H,23,25). The van der Waals surface area contributed by atoms with E-state index >= 15 is 0 Å². The van der Waals surface area contributed by atoms with E-state index in [2.05, 4.69) is 27.8 Å². The predicted octanol–water partition coefficient (Wildman–Crippen LogP) is 5.04. The van der Waals surface area contributed by atoms with E-state index in [0.29, 0.717) is 13.1 Å². The summed E-state index contributed by atoms with van der Waals surface area (Å²) in [6.07, 6.45) is 4.40. The molecule has 3 rings (SSSR count). The Balaban J connectivity index is 1.73. The largest absolute Gasteiger partial charge is 0.322 e. The molecule has 0 radical (unpaired) electrons. The summed E-state index contributed by atoms with van der Waals surface area (Å²) < 4.78 is 0. The van der Waals surface area contributed by atoms with Crippen molar-refractivity contribution in [2.45, 2.75) is 26.8 Å². The highest BCUT2D eigenvalue weighted by molar-refractivity contribution is 7.09. The number of pyridine rings is 1. The van der Waals surface area contributed by atoms with Gasteiger partial charge in [0.25, 0.3) is 0 Å². The van der Waals surface area contributed by atoms with E-state index in [1.807, 2.05) is 55.3 Å². The van der Waals surface area contributed by atoms with Crippen molar-refractivity contribution in [3.63, 3.8) is 0 Å². The van der Waals surface area contributed by atoms with Crippen molar-refractivity contribution in [1.82, 2.24) is 9.88 Å². The molecule has 0 aliphatic carbocycles. The number of nitrogens with one attached hydrogen (secondary N) is 1. The Labute approximate surface area is 158 Å². The van der Waals surface area contributed by atoms with Gasteiger partial charge in [0.2, 0.25) is 0 Å². The molecule has 134 valence electrons. The van der Waals surface area contributed by atoms with Gasteiger partial charge in [-0.3, -0.25) is 4.98 Å². The van der Waals surface area contributed by atoms with Crippen LogP contribution in [0, 0.1) is 13.8 Å². The number of thiophene rings is 1. The van der Waals surface area contributed by atoms with Crippen molar-refractivity contribution in [1.29, 1.82) is 0 Å². The average Bonchev–Trinajstić information content (AvgIpc) is 3.12. The summed E-state index contributed by atoms with van der Waals surface area (Å²) in [5.74, 6) is 0. The van der Waals surface area contributed by atoms with Crippen molar-refractivity contribution in [3.05, 3.63) is 81.8 Å². The lowest BCUT2D eigenvalue weighted by Crippen LogP contribution is -2.36. The first-order valence-electron chi connectivity index (χ1n) is 8.65. The molecular formula is C21H23N3OS. The summed E-state index contributed by atoms with van der Waals surface area (Å²) in [6, 6.07) is 14.0. The zero-order chi connectivity index (χ0) is 18.4. The van der Waals surface area contributed by atoms with Crippen LogP contribution in [0.25, 0.3) is 0 Å². The molecule has 0 spiro atoms. The number of carbonyl (C=O) groups excluding carboxylic acids is 1. The van der Waals surface area contributed by atoms with Crippen LogP contribution in [-0.2, 0) is 13.0 Å². The van der Waals surface area contributed by atoms with Crippen LogP contribution in [0.2, 0.25) is 0 Å². The van der Waals surface area contributed by atoms with E-state index in [1.54, 1.807) is 17.5 Å². The first-order valence-corrected chi connectivity index (χ1v) is 9.53. The van der Waals surface area contributed by atoms with Crippen LogP contribution in [0.15, 0.2) is 60.2 Å². The smallest absolute Gasteiger partial charge is 0.320 e. The minimum atomic E-state index is -0.0876. The third-order valence-corrected chi connectivity index (χ3v) is 5.00. The second-order valence-electron chi connectivity index (χ2n) is 6.42. The molecular weight excluding hydrogens is 342 g/mol. The van der Waals surface area contributed by atoms with Gasteiger partial charge in [0.05, 0.1) is 0 Å². The molecule has 2 amide bonds. The van der Waals surface area contributed by atoms with E-state index < -0.39 is 0 Å². The third-order valence-electron chi connectivity index (χ3n) is 4.06. The van der Waals surface area contributed by atoms with Gasteiger partial charge in [-0.2, -0.15) is 0 Å². The monoisotopic (exact) mass is 365 g/mol. The Morgan fingerprint density at radius 1 is 1.15 bits per heavy atom. The fraction of sp³-hybridized carbons (Fsp3) is 0.238. The van der Waals surface area contributed by atoms with Gasteiger partial charge in [-0.1, -0.05) is 18.2 Å². The van der Waals surface area contributed by atoms with Crippen LogP contribution in [-0.4, -0.2) is 22.5 Å². The van der Waals surface area contributed by atoms with Gasteiger partial charge in [0, 0.05) is 36.0 Å². The van der Waals surface area contributed by atoms with Crippen LogP contribution in [0.1, 0.15) is 21.6 Å². The number of anilines is 1. The van der Waals surface area contributed by atoms with Gasteiger partial charge in [0.15, 0.2) is 0 Å². The quantitative estimate of drug-likeness (QED) is 0.665. The third kappa shape index (κ3) is 5.17. The summed E-state index contributed by atoms with van der Waals surface area (Å²) >= 11 is 1.72. The zero-order valence-electron chi connectivity index (χ0n) is 15.1. The second kappa shape index (κ2) is 8.63. The Morgan fingerprint density at radius 2 is 1.96 bits per heavy atom.